The van der Waals surface area contributed by atoms with Gasteiger partial charge >= 0.3 is 11.8 Å². The average molecular weight is 420 g/mol. The molecule has 4 aromatic heterocycles. The van der Waals surface area contributed by atoms with Crippen molar-refractivity contribution in [1.29, 1.82) is 0 Å². The maximum atomic E-state index is 13.6. The molecule has 0 saturated heterocycles. The number of aryl methyl sites for hydroxylation is 1. The SMILES string of the molecule is Cc1ccc(C(=O)c2c(O)c(O)n(-c3nc4nc[nH]c4c[nH+]3)c2-c2ccc(F)cc2)o1. The number of ketones is 1. The molecule has 0 bridgehead atoms. The molecule has 9 nitrogen and oxygen atoms in total. The van der Waals surface area contributed by atoms with Gasteiger partial charge in [-0.15, -0.1) is 0 Å². The van der Waals surface area contributed by atoms with Crippen LogP contribution in [0.5, 0.6) is 11.6 Å². The molecule has 5 aromatic rings. The zero-order valence-corrected chi connectivity index (χ0v) is 16.0. The van der Waals surface area contributed by atoms with Crippen molar-refractivity contribution in [3.63, 3.8) is 0 Å². The normalized spacial score (nSPS) is 11.3. The highest BCUT2D eigenvalue weighted by molar-refractivity contribution is 6.13. The zero-order chi connectivity index (χ0) is 21.7. The summed E-state index contributed by atoms with van der Waals surface area (Å²) >= 11 is 0. The van der Waals surface area contributed by atoms with Gasteiger partial charge < -0.3 is 19.6 Å². The van der Waals surface area contributed by atoms with Crippen LogP contribution in [0.3, 0.4) is 0 Å². The summed E-state index contributed by atoms with van der Waals surface area (Å²) in [5, 5.41) is 21.5. The molecule has 0 saturated carbocycles. The van der Waals surface area contributed by atoms with Crippen LogP contribution in [0.15, 0.2) is 53.3 Å². The fourth-order valence-corrected chi connectivity index (χ4v) is 3.41. The minimum absolute atomic E-state index is 0.0204. The Balaban J connectivity index is 1.81. The predicted molar refractivity (Wildman–Crippen MR) is 105 cm³/mol. The van der Waals surface area contributed by atoms with Crippen LogP contribution < -0.4 is 4.98 Å². The second-order valence-corrected chi connectivity index (χ2v) is 6.84. The Labute approximate surface area is 173 Å². The molecule has 10 heteroatoms. The van der Waals surface area contributed by atoms with Crippen LogP contribution in [0.25, 0.3) is 28.4 Å². The van der Waals surface area contributed by atoms with Gasteiger partial charge in [-0.3, -0.25) is 4.79 Å². The van der Waals surface area contributed by atoms with Gasteiger partial charge in [-0.05, 0) is 48.3 Å². The highest BCUT2D eigenvalue weighted by atomic mass is 19.1. The van der Waals surface area contributed by atoms with Crippen LogP contribution in [0.2, 0.25) is 0 Å². The lowest BCUT2D eigenvalue weighted by Crippen LogP contribution is -2.17. The lowest BCUT2D eigenvalue weighted by atomic mass is 10.0. The van der Waals surface area contributed by atoms with Gasteiger partial charge in [0.15, 0.2) is 5.76 Å². The molecule has 31 heavy (non-hydrogen) atoms. The number of rotatable bonds is 4. The van der Waals surface area contributed by atoms with E-state index in [1.165, 1.54) is 41.2 Å². The molecule has 1 aromatic carbocycles. The van der Waals surface area contributed by atoms with Crippen LogP contribution in [-0.2, 0) is 0 Å². The fraction of sp³-hybridized carbons (Fsp3) is 0.0476. The standard InChI is InChI=1S/C21H14FN5O4/c1-10-2-7-14(31-10)17(28)15-16(11-3-5-12(22)6-4-11)27(20(30)18(15)29)21-23-8-13-19(26-21)25-9-24-13/h2-9,29-30H,1H3,(H,23,24,25,26)/p+1. The number of nitrogens with one attached hydrogen (secondary N) is 2. The number of furan rings is 1. The van der Waals surface area contributed by atoms with Gasteiger partial charge in [0.1, 0.15) is 28.4 Å². The van der Waals surface area contributed by atoms with Gasteiger partial charge in [0.05, 0.1) is 12.5 Å². The second-order valence-electron chi connectivity index (χ2n) is 6.84. The molecule has 0 spiro atoms. The average Bonchev–Trinajstić information content (AvgIpc) is 3.46. The van der Waals surface area contributed by atoms with E-state index in [1.54, 1.807) is 19.2 Å². The van der Waals surface area contributed by atoms with Gasteiger partial charge in [-0.1, -0.05) is 0 Å². The largest absolute Gasteiger partial charge is 0.501 e. The van der Waals surface area contributed by atoms with E-state index >= 15 is 0 Å². The summed E-state index contributed by atoms with van der Waals surface area (Å²) in [5.41, 5.74) is 1.22. The van der Waals surface area contributed by atoms with Crippen molar-refractivity contribution in [2.45, 2.75) is 6.92 Å². The number of aromatic amines is 2. The van der Waals surface area contributed by atoms with Crippen LogP contribution in [-0.4, -0.2) is 35.5 Å². The van der Waals surface area contributed by atoms with Crippen LogP contribution >= 0.6 is 0 Å². The molecule has 0 amide bonds. The molecule has 4 heterocycles. The molecule has 0 aliphatic carbocycles. The van der Waals surface area contributed by atoms with E-state index in [2.05, 4.69) is 19.9 Å². The van der Waals surface area contributed by atoms with Gasteiger partial charge in [-0.2, -0.15) is 4.57 Å². The van der Waals surface area contributed by atoms with E-state index in [1.807, 2.05) is 0 Å². The number of H-pyrrole nitrogens is 2. The number of carbonyl (C=O) groups is 1. The number of hydrogen-bond donors (Lipinski definition) is 3. The van der Waals surface area contributed by atoms with E-state index in [0.717, 1.165) is 0 Å². The minimum Gasteiger partial charge on any atom is -0.501 e. The predicted octanol–water partition coefficient (Wildman–Crippen LogP) is 2.91. The van der Waals surface area contributed by atoms with Gasteiger partial charge in [0, 0.05) is 5.56 Å². The van der Waals surface area contributed by atoms with Crippen molar-refractivity contribution in [3.05, 3.63) is 71.8 Å². The minimum atomic E-state index is -0.657. The van der Waals surface area contributed by atoms with Crippen molar-refractivity contribution >= 4 is 16.9 Å². The Morgan fingerprint density at radius 2 is 1.97 bits per heavy atom. The second kappa shape index (κ2) is 6.80. The highest BCUT2D eigenvalue weighted by Gasteiger charge is 2.36. The number of aromatic nitrogens is 5. The summed E-state index contributed by atoms with van der Waals surface area (Å²) in [6.07, 6.45) is 3.03. The van der Waals surface area contributed by atoms with Crippen molar-refractivity contribution in [2.75, 3.05) is 0 Å². The maximum absolute atomic E-state index is 13.6. The van der Waals surface area contributed by atoms with Crippen molar-refractivity contribution < 1.29 is 28.8 Å². The van der Waals surface area contributed by atoms with Crippen LogP contribution in [0.1, 0.15) is 21.9 Å². The molecule has 5 rings (SSSR count). The number of halogens is 1. The first-order valence-corrected chi connectivity index (χ1v) is 9.20. The van der Waals surface area contributed by atoms with E-state index in [9.17, 15) is 19.4 Å². The smallest absolute Gasteiger partial charge is 0.406 e. The highest BCUT2D eigenvalue weighted by Crippen LogP contribution is 2.43. The number of benzene rings is 1. The molecule has 0 aliphatic rings. The van der Waals surface area contributed by atoms with E-state index < -0.39 is 23.2 Å². The number of carbonyl (C=O) groups excluding carboxylic acids is 1. The van der Waals surface area contributed by atoms with E-state index in [0.29, 0.717) is 22.5 Å². The summed E-state index contributed by atoms with van der Waals surface area (Å²) in [6.45, 7) is 1.68. The fourth-order valence-electron chi connectivity index (χ4n) is 3.41. The Morgan fingerprint density at radius 3 is 2.68 bits per heavy atom. The summed E-state index contributed by atoms with van der Waals surface area (Å²) < 4.78 is 20.1. The lowest BCUT2D eigenvalue weighted by Gasteiger charge is -2.05. The molecular weight excluding hydrogens is 405 g/mol. The summed E-state index contributed by atoms with van der Waals surface area (Å²) in [7, 11) is 0. The van der Waals surface area contributed by atoms with Crippen molar-refractivity contribution in [1.82, 2.24) is 19.5 Å². The van der Waals surface area contributed by atoms with Crippen LogP contribution in [0.4, 0.5) is 4.39 Å². The first kappa shape index (κ1) is 18.6. The molecule has 0 fully saturated rings. The zero-order valence-electron chi connectivity index (χ0n) is 16.0. The molecular formula is C21H15FN5O4+. The molecule has 0 unspecified atom stereocenters. The topological polar surface area (TPSA) is 131 Å². The lowest BCUT2D eigenvalue weighted by molar-refractivity contribution is -0.375. The maximum Gasteiger partial charge on any atom is 0.406 e. The van der Waals surface area contributed by atoms with E-state index in [4.69, 9.17) is 4.42 Å². The monoisotopic (exact) mass is 420 g/mol. The molecule has 0 aliphatic heterocycles. The number of fused-ring (bicyclic) bond motifs is 1. The van der Waals surface area contributed by atoms with Gasteiger partial charge in [0.2, 0.25) is 11.5 Å². The van der Waals surface area contributed by atoms with Crippen molar-refractivity contribution in [3.8, 4) is 28.8 Å². The number of nitrogens with zero attached hydrogens (tertiary/aromatic N) is 3. The Bertz CT molecular complexity index is 1450. The quantitative estimate of drug-likeness (QED) is 0.383. The third-order valence-corrected chi connectivity index (χ3v) is 4.85. The van der Waals surface area contributed by atoms with Gasteiger partial charge in [0.25, 0.3) is 5.65 Å². The number of imidazole rings is 1. The first-order chi connectivity index (χ1) is 14.9. The molecule has 4 N–H and O–H groups in total. The number of aromatic hydroxyl groups is 2. The van der Waals surface area contributed by atoms with Crippen molar-refractivity contribution in [2.24, 2.45) is 0 Å². The third kappa shape index (κ3) is 2.92. The summed E-state index contributed by atoms with van der Waals surface area (Å²) in [6, 6.07) is 8.36. The van der Waals surface area contributed by atoms with Crippen LogP contribution in [0, 0.1) is 12.7 Å². The summed E-state index contributed by atoms with van der Waals surface area (Å²) in [4.78, 5) is 27.4. The Hall–Kier alpha value is -4.47. The molecule has 154 valence electrons. The number of hydrogen-bond acceptors (Lipinski definition) is 6. The Kier molecular flexibility index (Phi) is 4.07. The summed E-state index contributed by atoms with van der Waals surface area (Å²) in [5.74, 6) is -1.84. The Morgan fingerprint density at radius 1 is 1.19 bits per heavy atom. The molecule has 0 radical (unpaired) electrons. The molecule has 0 atom stereocenters. The van der Waals surface area contributed by atoms with E-state index in [-0.39, 0.29) is 23.0 Å². The van der Waals surface area contributed by atoms with Gasteiger partial charge in [-0.25, -0.2) is 14.4 Å². The third-order valence-electron chi connectivity index (χ3n) is 4.85. The first-order valence-electron chi connectivity index (χ1n) is 9.20.